The van der Waals surface area contributed by atoms with E-state index < -0.39 is 0 Å². The SMILES string of the molecule is COC(=O)/C(=C\N)SC(C)C. The summed E-state index contributed by atoms with van der Waals surface area (Å²) in [5.74, 6) is -0.369. The molecule has 0 fully saturated rings. The van der Waals surface area contributed by atoms with Gasteiger partial charge in [-0.3, -0.25) is 0 Å². The maximum Gasteiger partial charge on any atom is 0.345 e. The van der Waals surface area contributed by atoms with Crippen molar-refractivity contribution in [2.45, 2.75) is 19.1 Å². The molecule has 0 aliphatic rings. The van der Waals surface area contributed by atoms with Crippen molar-refractivity contribution in [3.63, 3.8) is 0 Å². The van der Waals surface area contributed by atoms with Gasteiger partial charge in [-0.2, -0.15) is 0 Å². The molecule has 0 atom stereocenters. The van der Waals surface area contributed by atoms with Gasteiger partial charge >= 0.3 is 5.97 Å². The van der Waals surface area contributed by atoms with E-state index >= 15 is 0 Å². The van der Waals surface area contributed by atoms with Crippen molar-refractivity contribution in [3.8, 4) is 0 Å². The van der Waals surface area contributed by atoms with E-state index in [0.717, 1.165) is 0 Å². The number of carbonyl (C=O) groups excluding carboxylic acids is 1. The zero-order valence-corrected chi connectivity index (χ0v) is 7.77. The zero-order chi connectivity index (χ0) is 8.85. The molecular formula is C7H13NO2S. The van der Waals surface area contributed by atoms with E-state index in [1.54, 1.807) is 0 Å². The van der Waals surface area contributed by atoms with Crippen molar-refractivity contribution in [3.05, 3.63) is 11.1 Å². The third kappa shape index (κ3) is 3.93. The van der Waals surface area contributed by atoms with E-state index in [0.29, 0.717) is 10.2 Å². The summed E-state index contributed by atoms with van der Waals surface area (Å²) in [4.78, 5) is 11.3. The number of carbonyl (C=O) groups is 1. The minimum absolute atomic E-state index is 0.337. The van der Waals surface area contributed by atoms with Crippen molar-refractivity contribution in [1.82, 2.24) is 0 Å². The number of thioether (sulfide) groups is 1. The minimum atomic E-state index is -0.369. The quantitative estimate of drug-likeness (QED) is 0.515. The van der Waals surface area contributed by atoms with Crippen LogP contribution in [-0.2, 0) is 9.53 Å². The second-order valence-corrected chi connectivity index (χ2v) is 3.81. The molecule has 0 saturated heterocycles. The lowest BCUT2D eigenvalue weighted by molar-refractivity contribution is -0.135. The average molecular weight is 175 g/mol. The molecule has 0 rings (SSSR count). The van der Waals surface area contributed by atoms with Crippen LogP contribution >= 0.6 is 11.8 Å². The number of hydrogen-bond donors (Lipinski definition) is 1. The molecule has 11 heavy (non-hydrogen) atoms. The molecule has 4 heteroatoms. The molecule has 0 heterocycles. The summed E-state index contributed by atoms with van der Waals surface area (Å²) in [6.45, 7) is 3.97. The first kappa shape index (κ1) is 10.4. The van der Waals surface area contributed by atoms with Gasteiger partial charge in [0.25, 0.3) is 0 Å². The van der Waals surface area contributed by atoms with Crippen LogP contribution in [0.25, 0.3) is 0 Å². The summed E-state index contributed by atoms with van der Waals surface area (Å²) in [5, 5.41) is 0.337. The lowest BCUT2D eigenvalue weighted by atomic mass is 10.6. The number of ether oxygens (including phenoxy) is 1. The van der Waals surface area contributed by atoms with Crippen LogP contribution in [0, 0.1) is 0 Å². The highest BCUT2D eigenvalue weighted by Crippen LogP contribution is 2.20. The normalized spacial score (nSPS) is 11.8. The van der Waals surface area contributed by atoms with Crippen LogP contribution in [0.5, 0.6) is 0 Å². The Morgan fingerprint density at radius 3 is 2.45 bits per heavy atom. The Labute approximate surface area is 71.0 Å². The van der Waals surface area contributed by atoms with Crippen LogP contribution in [0.3, 0.4) is 0 Å². The molecule has 0 aromatic carbocycles. The van der Waals surface area contributed by atoms with Gasteiger partial charge in [0.1, 0.15) is 4.91 Å². The first-order valence-corrected chi connectivity index (χ1v) is 4.16. The smallest absolute Gasteiger partial charge is 0.345 e. The molecule has 64 valence electrons. The third-order valence-corrected chi connectivity index (χ3v) is 1.93. The summed E-state index contributed by atoms with van der Waals surface area (Å²) in [5.41, 5.74) is 5.21. The average Bonchev–Trinajstić information content (AvgIpc) is 1.98. The fourth-order valence-electron chi connectivity index (χ4n) is 0.510. The van der Waals surface area contributed by atoms with Crippen LogP contribution in [0.15, 0.2) is 11.1 Å². The van der Waals surface area contributed by atoms with E-state index in [4.69, 9.17) is 5.73 Å². The second kappa shape index (κ2) is 5.07. The van der Waals surface area contributed by atoms with Crippen LogP contribution < -0.4 is 5.73 Å². The van der Waals surface area contributed by atoms with Gasteiger partial charge in [0, 0.05) is 11.4 Å². The Morgan fingerprint density at radius 1 is 1.64 bits per heavy atom. The Kier molecular flexibility index (Phi) is 4.77. The summed E-state index contributed by atoms with van der Waals surface area (Å²) >= 11 is 1.39. The molecule has 0 aromatic heterocycles. The van der Waals surface area contributed by atoms with Gasteiger partial charge in [0.15, 0.2) is 0 Å². The monoisotopic (exact) mass is 175 g/mol. The molecule has 0 unspecified atom stereocenters. The highest BCUT2D eigenvalue weighted by Gasteiger charge is 2.10. The fourth-order valence-corrected chi connectivity index (χ4v) is 1.28. The van der Waals surface area contributed by atoms with Crippen LogP contribution in [-0.4, -0.2) is 18.3 Å². The molecule has 0 bridgehead atoms. The van der Waals surface area contributed by atoms with Crippen LogP contribution in [0.1, 0.15) is 13.8 Å². The van der Waals surface area contributed by atoms with Gasteiger partial charge in [0.05, 0.1) is 7.11 Å². The van der Waals surface area contributed by atoms with E-state index in [1.165, 1.54) is 25.1 Å². The highest BCUT2D eigenvalue weighted by molar-refractivity contribution is 8.04. The lowest BCUT2D eigenvalue weighted by Gasteiger charge is -2.05. The Morgan fingerprint density at radius 2 is 2.18 bits per heavy atom. The second-order valence-electron chi connectivity index (χ2n) is 2.19. The Hall–Kier alpha value is -0.640. The molecule has 3 nitrogen and oxygen atoms in total. The van der Waals surface area contributed by atoms with E-state index in [1.807, 2.05) is 13.8 Å². The minimum Gasteiger partial charge on any atom is -0.465 e. The van der Waals surface area contributed by atoms with Crippen molar-refractivity contribution >= 4 is 17.7 Å². The van der Waals surface area contributed by atoms with Crippen LogP contribution in [0.4, 0.5) is 0 Å². The summed E-state index contributed by atoms with van der Waals surface area (Å²) in [7, 11) is 1.34. The van der Waals surface area contributed by atoms with Crippen LogP contribution in [0.2, 0.25) is 0 Å². The van der Waals surface area contributed by atoms with Gasteiger partial charge < -0.3 is 10.5 Å². The number of rotatable bonds is 3. The van der Waals surface area contributed by atoms with Gasteiger partial charge in [-0.25, -0.2) is 4.79 Å². The summed E-state index contributed by atoms with van der Waals surface area (Å²) in [6, 6.07) is 0. The molecule has 2 N–H and O–H groups in total. The standard InChI is InChI=1S/C7H13NO2S/c1-5(2)11-6(4-8)7(9)10-3/h4-5H,8H2,1-3H3/b6-4+. The van der Waals surface area contributed by atoms with Gasteiger partial charge in [-0.05, 0) is 0 Å². The number of hydrogen-bond acceptors (Lipinski definition) is 4. The number of methoxy groups -OCH3 is 1. The molecule has 0 aliphatic heterocycles. The van der Waals surface area contributed by atoms with Crippen molar-refractivity contribution in [2.75, 3.05) is 7.11 Å². The maximum atomic E-state index is 10.9. The predicted octanol–water partition coefficient (Wildman–Crippen LogP) is 1.10. The van der Waals surface area contributed by atoms with Crippen molar-refractivity contribution < 1.29 is 9.53 Å². The molecular weight excluding hydrogens is 162 g/mol. The molecule has 0 saturated carbocycles. The Balaban J connectivity index is 4.09. The zero-order valence-electron chi connectivity index (χ0n) is 6.96. The van der Waals surface area contributed by atoms with E-state index in [9.17, 15) is 4.79 Å². The van der Waals surface area contributed by atoms with Crippen molar-refractivity contribution in [2.24, 2.45) is 5.73 Å². The van der Waals surface area contributed by atoms with Gasteiger partial charge in [-0.1, -0.05) is 13.8 Å². The van der Waals surface area contributed by atoms with Gasteiger partial charge in [0.2, 0.25) is 0 Å². The molecule has 0 aromatic rings. The van der Waals surface area contributed by atoms with E-state index in [-0.39, 0.29) is 5.97 Å². The van der Waals surface area contributed by atoms with Crippen molar-refractivity contribution in [1.29, 1.82) is 0 Å². The predicted molar refractivity (Wildman–Crippen MR) is 47.0 cm³/mol. The fraction of sp³-hybridized carbons (Fsp3) is 0.571. The van der Waals surface area contributed by atoms with Gasteiger partial charge in [-0.15, -0.1) is 11.8 Å². The third-order valence-electron chi connectivity index (χ3n) is 0.901. The van der Waals surface area contributed by atoms with E-state index in [2.05, 4.69) is 4.74 Å². The maximum absolute atomic E-state index is 10.9. The number of esters is 1. The first-order chi connectivity index (χ1) is 5.11. The largest absolute Gasteiger partial charge is 0.465 e. The first-order valence-electron chi connectivity index (χ1n) is 3.28. The Bertz CT molecular complexity index is 166. The summed E-state index contributed by atoms with van der Waals surface area (Å²) < 4.78 is 4.50. The molecule has 0 radical (unpaired) electrons. The number of nitrogens with two attached hydrogens (primary N) is 1. The molecule has 0 amide bonds. The lowest BCUT2D eigenvalue weighted by Crippen LogP contribution is -2.06. The molecule has 0 spiro atoms. The topological polar surface area (TPSA) is 52.3 Å². The summed E-state index contributed by atoms with van der Waals surface area (Å²) in [6.07, 6.45) is 1.27. The molecule has 0 aliphatic carbocycles. The highest BCUT2D eigenvalue weighted by atomic mass is 32.2.